The van der Waals surface area contributed by atoms with Gasteiger partial charge >= 0.3 is 0 Å². The van der Waals surface area contributed by atoms with Crippen molar-refractivity contribution >= 4 is 35.0 Å². The van der Waals surface area contributed by atoms with Gasteiger partial charge in [-0.25, -0.2) is 0 Å². The average molecular weight is 284 g/mol. The zero-order valence-corrected chi connectivity index (χ0v) is 12.1. The minimum absolute atomic E-state index is 0.00733. The molecule has 0 spiro atoms. The second kappa shape index (κ2) is 6.48. The Morgan fingerprint density at radius 3 is 2.83 bits per heavy atom. The Balaban J connectivity index is 1.86. The van der Waals surface area contributed by atoms with E-state index in [1.807, 2.05) is 19.1 Å². The molecule has 0 unspecified atom stereocenters. The predicted molar refractivity (Wildman–Crippen MR) is 79.4 cm³/mol. The van der Waals surface area contributed by atoms with E-state index in [-0.39, 0.29) is 11.2 Å². The Bertz CT molecular complexity index is 418. The zero-order valence-electron chi connectivity index (χ0n) is 10.5. The summed E-state index contributed by atoms with van der Waals surface area (Å²) in [5.74, 6) is 0.0640. The van der Waals surface area contributed by atoms with Gasteiger partial charge in [-0.05, 0) is 38.0 Å². The van der Waals surface area contributed by atoms with Crippen LogP contribution in [0.5, 0.6) is 0 Å². The second-order valence-electron chi connectivity index (χ2n) is 4.68. The molecule has 1 saturated carbocycles. The highest BCUT2D eigenvalue weighted by Crippen LogP contribution is 2.32. The first-order chi connectivity index (χ1) is 8.65. The molecule has 2 nitrogen and oxygen atoms in total. The molecule has 0 aliphatic heterocycles. The molecule has 1 fully saturated rings. The number of nitrogens with one attached hydrogen (secondary N) is 1. The Hall–Kier alpha value is -0.670. The summed E-state index contributed by atoms with van der Waals surface area (Å²) >= 11 is 7.68. The molecule has 1 atom stereocenters. The normalized spacial score (nSPS) is 17.7. The standard InChI is InChI=1S/C14H18ClNOS/c1-10(18-13-7-2-3-8-13)14(17)16-12-6-4-5-11(15)9-12/h4-6,9-10,13H,2-3,7-8H2,1H3,(H,16,17)/t10-/m0/s1. The first-order valence-electron chi connectivity index (χ1n) is 6.37. The second-order valence-corrected chi connectivity index (χ2v) is 6.77. The lowest BCUT2D eigenvalue weighted by Crippen LogP contribution is -2.24. The quantitative estimate of drug-likeness (QED) is 0.890. The fourth-order valence-corrected chi connectivity index (χ4v) is 3.74. The van der Waals surface area contributed by atoms with Crippen molar-refractivity contribution in [1.82, 2.24) is 0 Å². The monoisotopic (exact) mass is 283 g/mol. The van der Waals surface area contributed by atoms with E-state index in [4.69, 9.17) is 11.6 Å². The van der Waals surface area contributed by atoms with Crippen molar-refractivity contribution in [2.75, 3.05) is 5.32 Å². The highest BCUT2D eigenvalue weighted by atomic mass is 35.5. The number of hydrogen-bond donors (Lipinski definition) is 1. The number of halogens is 1. The average Bonchev–Trinajstić information content (AvgIpc) is 2.81. The molecule has 0 saturated heterocycles. The van der Waals surface area contributed by atoms with Crippen molar-refractivity contribution in [2.24, 2.45) is 0 Å². The van der Waals surface area contributed by atoms with E-state index in [1.165, 1.54) is 25.7 Å². The Morgan fingerprint density at radius 2 is 2.17 bits per heavy atom. The van der Waals surface area contributed by atoms with E-state index in [0.717, 1.165) is 5.69 Å². The summed E-state index contributed by atoms with van der Waals surface area (Å²) in [4.78, 5) is 12.0. The van der Waals surface area contributed by atoms with Gasteiger partial charge in [0.05, 0.1) is 5.25 Å². The van der Waals surface area contributed by atoms with E-state index in [2.05, 4.69) is 5.32 Å². The molecule has 1 aliphatic carbocycles. The number of thioether (sulfide) groups is 1. The summed E-state index contributed by atoms with van der Waals surface area (Å²) in [6.07, 6.45) is 5.11. The van der Waals surface area contributed by atoms with Crippen LogP contribution in [0.1, 0.15) is 32.6 Å². The number of hydrogen-bond acceptors (Lipinski definition) is 2. The van der Waals surface area contributed by atoms with Gasteiger partial charge in [0.15, 0.2) is 0 Å². The van der Waals surface area contributed by atoms with Crippen LogP contribution in [0.2, 0.25) is 5.02 Å². The maximum Gasteiger partial charge on any atom is 0.237 e. The molecule has 0 bridgehead atoms. The number of carbonyl (C=O) groups excluding carboxylic acids is 1. The van der Waals surface area contributed by atoms with Crippen LogP contribution in [0.4, 0.5) is 5.69 Å². The Morgan fingerprint density at radius 1 is 1.44 bits per heavy atom. The van der Waals surface area contributed by atoms with Crippen LogP contribution >= 0.6 is 23.4 Å². The molecule has 1 aromatic carbocycles. The van der Waals surface area contributed by atoms with Gasteiger partial charge in [-0.1, -0.05) is 30.5 Å². The van der Waals surface area contributed by atoms with Crippen molar-refractivity contribution in [2.45, 2.75) is 43.1 Å². The third kappa shape index (κ3) is 3.92. The topological polar surface area (TPSA) is 29.1 Å². The molecule has 1 aromatic rings. The molecule has 1 aliphatic rings. The first kappa shape index (κ1) is 13.8. The first-order valence-corrected chi connectivity index (χ1v) is 7.69. The maximum atomic E-state index is 12.0. The minimum atomic E-state index is -0.00733. The molecule has 0 aromatic heterocycles. The van der Waals surface area contributed by atoms with Crippen LogP contribution < -0.4 is 5.32 Å². The van der Waals surface area contributed by atoms with E-state index in [0.29, 0.717) is 10.3 Å². The molecule has 0 radical (unpaired) electrons. The molecular weight excluding hydrogens is 266 g/mol. The van der Waals surface area contributed by atoms with Crippen molar-refractivity contribution in [3.8, 4) is 0 Å². The van der Waals surface area contributed by atoms with Gasteiger partial charge in [0.25, 0.3) is 0 Å². The number of benzene rings is 1. The van der Waals surface area contributed by atoms with Crippen molar-refractivity contribution in [3.63, 3.8) is 0 Å². The molecule has 1 N–H and O–H groups in total. The number of amides is 1. The van der Waals surface area contributed by atoms with Crippen LogP contribution in [0.25, 0.3) is 0 Å². The fraction of sp³-hybridized carbons (Fsp3) is 0.500. The molecular formula is C14H18ClNOS. The zero-order chi connectivity index (χ0) is 13.0. The maximum absolute atomic E-state index is 12.0. The Labute approximate surface area is 117 Å². The number of anilines is 1. The van der Waals surface area contributed by atoms with Gasteiger partial charge in [0.1, 0.15) is 0 Å². The molecule has 0 heterocycles. The Kier molecular flexibility index (Phi) is 4.95. The SMILES string of the molecule is C[C@H](SC1CCCC1)C(=O)Nc1cccc(Cl)c1. The van der Waals surface area contributed by atoms with Gasteiger partial charge in [-0.15, -0.1) is 11.8 Å². The summed E-state index contributed by atoms with van der Waals surface area (Å²) in [6.45, 7) is 1.98. The van der Waals surface area contributed by atoms with E-state index < -0.39 is 0 Å². The fourth-order valence-electron chi connectivity index (χ4n) is 2.19. The molecule has 4 heteroatoms. The van der Waals surface area contributed by atoms with Crippen molar-refractivity contribution in [1.29, 1.82) is 0 Å². The van der Waals surface area contributed by atoms with Crippen LogP contribution in [-0.4, -0.2) is 16.4 Å². The molecule has 2 rings (SSSR count). The summed E-state index contributed by atoms with van der Waals surface area (Å²) in [7, 11) is 0. The van der Waals surface area contributed by atoms with Crippen LogP contribution in [0.15, 0.2) is 24.3 Å². The van der Waals surface area contributed by atoms with Gasteiger partial charge in [-0.2, -0.15) is 0 Å². The van der Waals surface area contributed by atoms with Gasteiger partial charge in [-0.3, -0.25) is 4.79 Å². The van der Waals surface area contributed by atoms with Crippen molar-refractivity contribution < 1.29 is 4.79 Å². The number of rotatable bonds is 4. The van der Waals surface area contributed by atoms with Crippen LogP contribution in [0, 0.1) is 0 Å². The van der Waals surface area contributed by atoms with Crippen LogP contribution in [0.3, 0.4) is 0 Å². The highest BCUT2D eigenvalue weighted by molar-refractivity contribution is 8.01. The summed E-state index contributed by atoms with van der Waals surface area (Å²) in [5.41, 5.74) is 0.770. The van der Waals surface area contributed by atoms with E-state index >= 15 is 0 Å². The van der Waals surface area contributed by atoms with Crippen LogP contribution in [-0.2, 0) is 4.79 Å². The number of carbonyl (C=O) groups is 1. The summed E-state index contributed by atoms with van der Waals surface area (Å²) in [6, 6.07) is 7.27. The largest absolute Gasteiger partial charge is 0.325 e. The third-order valence-electron chi connectivity index (χ3n) is 3.16. The summed E-state index contributed by atoms with van der Waals surface area (Å²) < 4.78 is 0. The van der Waals surface area contributed by atoms with Crippen molar-refractivity contribution in [3.05, 3.63) is 29.3 Å². The smallest absolute Gasteiger partial charge is 0.237 e. The van der Waals surface area contributed by atoms with Gasteiger partial charge < -0.3 is 5.32 Å². The lowest BCUT2D eigenvalue weighted by Gasteiger charge is -2.16. The molecule has 1 amide bonds. The lowest BCUT2D eigenvalue weighted by atomic mass is 10.3. The lowest BCUT2D eigenvalue weighted by molar-refractivity contribution is -0.115. The van der Waals surface area contributed by atoms with Gasteiger partial charge in [0.2, 0.25) is 5.91 Å². The molecule has 18 heavy (non-hydrogen) atoms. The van der Waals surface area contributed by atoms with E-state index in [9.17, 15) is 4.79 Å². The van der Waals surface area contributed by atoms with E-state index in [1.54, 1.807) is 23.9 Å². The highest BCUT2D eigenvalue weighted by Gasteiger charge is 2.22. The molecule has 98 valence electrons. The third-order valence-corrected chi connectivity index (χ3v) is 4.87. The predicted octanol–water partition coefficient (Wildman–Crippen LogP) is 4.34. The minimum Gasteiger partial charge on any atom is -0.325 e. The summed E-state index contributed by atoms with van der Waals surface area (Å²) in [5, 5.41) is 4.20. The van der Waals surface area contributed by atoms with Gasteiger partial charge in [0, 0.05) is 16.0 Å².